The topological polar surface area (TPSA) is 89.9 Å². The largest absolute Gasteiger partial charge is 0.385 e. The smallest absolute Gasteiger partial charge is 0.262 e. The Morgan fingerprint density at radius 1 is 1.07 bits per heavy atom. The molecule has 154 valence electrons. The first kappa shape index (κ1) is 20.3. The van der Waals surface area contributed by atoms with Gasteiger partial charge in [0.2, 0.25) is 0 Å². The van der Waals surface area contributed by atoms with Crippen LogP contribution in [0.1, 0.15) is 17.8 Å². The summed E-state index contributed by atoms with van der Waals surface area (Å²) in [6.07, 6.45) is 0.703. The Labute approximate surface area is 177 Å². The summed E-state index contributed by atoms with van der Waals surface area (Å²) in [6, 6.07) is 12.9. The molecule has 0 aliphatic carbocycles. The first-order chi connectivity index (χ1) is 14.6. The minimum absolute atomic E-state index is 0.0741. The highest BCUT2D eigenvalue weighted by Crippen LogP contribution is 2.22. The normalized spacial score (nSPS) is 11.4. The highest BCUT2D eigenvalue weighted by molar-refractivity contribution is 7.98. The van der Waals surface area contributed by atoms with Crippen molar-refractivity contribution in [1.82, 2.24) is 19.5 Å². The number of fused-ring (bicyclic) bond motifs is 2. The molecule has 4 aromatic rings. The van der Waals surface area contributed by atoms with Crippen LogP contribution in [0.4, 0.5) is 0 Å². The van der Waals surface area contributed by atoms with Crippen molar-refractivity contribution in [2.75, 3.05) is 13.7 Å². The maximum atomic E-state index is 13.0. The number of aromatic nitrogens is 4. The van der Waals surface area contributed by atoms with E-state index < -0.39 is 0 Å². The van der Waals surface area contributed by atoms with Crippen LogP contribution in [0.2, 0.25) is 0 Å². The Balaban J connectivity index is 1.70. The molecule has 0 amide bonds. The molecule has 2 aromatic carbocycles. The lowest BCUT2D eigenvalue weighted by Gasteiger charge is -2.13. The number of hydrogen-bond donors (Lipinski definition) is 1. The van der Waals surface area contributed by atoms with E-state index in [0.29, 0.717) is 58.1 Å². The minimum Gasteiger partial charge on any atom is -0.385 e. The molecule has 1 N–H and O–H groups in total. The second-order valence-corrected chi connectivity index (χ2v) is 7.93. The van der Waals surface area contributed by atoms with Crippen LogP contribution in [0.3, 0.4) is 0 Å². The number of aromatic amines is 1. The van der Waals surface area contributed by atoms with Gasteiger partial charge < -0.3 is 9.72 Å². The predicted octanol–water partition coefficient (Wildman–Crippen LogP) is 3.27. The van der Waals surface area contributed by atoms with E-state index in [1.54, 1.807) is 23.8 Å². The molecule has 0 saturated heterocycles. The van der Waals surface area contributed by atoms with E-state index in [1.807, 2.05) is 37.3 Å². The third-order valence-electron chi connectivity index (χ3n) is 4.88. The monoisotopic (exact) mass is 422 g/mol. The lowest BCUT2D eigenvalue weighted by atomic mass is 10.1. The molecule has 2 heterocycles. The first-order valence-electron chi connectivity index (χ1n) is 9.68. The molecule has 0 atom stereocenters. The van der Waals surface area contributed by atoms with E-state index in [2.05, 4.69) is 9.97 Å². The molecular weight excluding hydrogens is 400 g/mol. The van der Waals surface area contributed by atoms with Crippen LogP contribution >= 0.6 is 11.8 Å². The quantitative estimate of drug-likeness (QED) is 0.279. The summed E-state index contributed by atoms with van der Waals surface area (Å²) in [5.41, 5.74) is 2.06. The van der Waals surface area contributed by atoms with Crippen LogP contribution in [0.5, 0.6) is 0 Å². The number of methoxy groups -OCH3 is 1. The summed E-state index contributed by atoms with van der Waals surface area (Å²) in [7, 11) is 1.64. The molecule has 0 bridgehead atoms. The van der Waals surface area contributed by atoms with E-state index in [4.69, 9.17) is 9.72 Å². The minimum atomic E-state index is -0.164. The molecule has 0 aliphatic heterocycles. The number of benzene rings is 2. The molecule has 0 saturated carbocycles. The average molecular weight is 423 g/mol. The highest BCUT2D eigenvalue weighted by Gasteiger charge is 2.13. The number of nitrogens with zero attached hydrogens (tertiary/aromatic N) is 3. The number of ether oxygens (including phenoxy) is 1. The molecule has 4 rings (SSSR count). The number of H-pyrrole nitrogens is 1. The average Bonchev–Trinajstić information content (AvgIpc) is 2.75. The molecule has 0 aliphatic rings. The lowest BCUT2D eigenvalue weighted by Crippen LogP contribution is -2.24. The maximum Gasteiger partial charge on any atom is 0.262 e. The van der Waals surface area contributed by atoms with Gasteiger partial charge >= 0.3 is 0 Å². The van der Waals surface area contributed by atoms with Gasteiger partial charge in [0.25, 0.3) is 11.1 Å². The van der Waals surface area contributed by atoms with Gasteiger partial charge in [0.15, 0.2) is 5.16 Å². The van der Waals surface area contributed by atoms with Gasteiger partial charge in [-0.1, -0.05) is 36.0 Å². The highest BCUT2D eigenvalue weighted by atomic mass is 32.2. The summed E-state index contributed by atoms with van der Waals surface area (Å²) in [5, 5.41) is 1.76. The van der Waals surface area contributed by atoms with Crippen molar-refractivity contribution in [1.29, 1.82) is 0 Å². The van der Waals surface area contributed by atoms with Crippen LogP contribution in [-0.4, -0.2) is 33.2 Å². The Kier molecular flexibility index (Phi) is 5.96. The SMILES string of the molecule is COCCCn1c(SCc2nc3c(C)cccc3c(=O)[nH]2)nc2ccccc2c1=O. The van der Waals surface area contributed by atoms with Gasteiger partial charge in [0.05, 0.1) is 27.6 Å². The van der Waals surface area contributed by atoms with Crippen molar-refractivity contribution < 1.29 is 4.74 Å². The molecule has 7 nitrogen and oxygen atoms in total. The molecule has 8 heteroatoms. The lowest BCUT2D eigenvalue weighted by molar-refractivity contribution is 0.189. The molecule has 0 spiro atoms. The Morgan fingerprint density at radius 3 is 2.70 bits per heavy atom. The van der Waals surface area contributed by atoms with Gasteiger partial charge in [-0.05, 0) is 37.1 Å². The van der Waals surface area contributed by atoms with E-state index in [1.165, 1.54) is 11.8 Å². The summed E-state index contributed by atoms with van der Waals surface area (Å²) < 4.78 is 6.81. The predicted molar refractivity (Wildman–Crippen MR) is 119 cm³/mol. The summed E-state index contributed by atoms with van der Waals surface area (Å²) in [5.74, 6) is 0.951. The number of hydrogen-bond acceptors (Lipinski definition) is 6. The number of thioether (sulfide) groups is 1. The summed E-state index contributed by atoms with van der Waals surface area (Å²) in [4.78, 5) is 37.6. The number of aryl methyl sites for hydroxylation is 1. The van der Waals surface area contributed by atoms with Crippen molar-refractivity contribution in [3.8, 4) is 0 Å². The van der Waals surface area contributed by atoms with Gasteiger partial charge in [-0.25, -0.2) is 9.97 Å². The number of para-hydroxylation sites is 2. The van der Waals surface area contributed by atoms with Gasteiger partial charge in [-0.2, -0.15) is 0 Å². The fourth-order valence-electron chi connectivity index (χ4n) is 3.38. The van der Waals surface area contributed by atoms with Crippen molar-refractivity contribution in [2.24, 2.45) is 0 Å². The third-order valence-corrected chi connectivity index (χ3v) is 5.87. The van der Waals surface area contributed by atoms with Crippen LogP contribution < -0.4 is 11.1 Å². The second-order valence-electron chi connectivity index (χ2n) is 6.99. The number of rotatable bonds is 7. The molecule has 0 fully saturated rings. The van der Waals surface area contributed by atoms with Crippen LogP contribution in [-0.2, 0) is 17.0 Å². The standard InChI is InChI=1S/C22H22N4O3S/c1-14-7-5-9-16-19(14)24-18(25-20(16)27)13-30-22-23-17-10-4-3-8-15(17)21(28)26(22)11-6-12-29-2/h3-5,7-10H,6,11-13H2,1-2H3,(H,24,25,27). The number of nitrogens with one attached hydrogen (secondary N) is 1. The molecule has 0 radical (unpaired) electrons. The van der Waals surface area contributed by atoms with E-state index in [-0.39, 0.29) is 11.1 Å². The van der Waals surface area contributed by atoms with Crippen LogP contribution in [0.15, 0.2) is 57.2 Å². The van der Waals surface area contributed by atoms with Crippen molar-refractivity contribution in [2.45, 2.75) is 30.8 Å². The fourth-order valence-corrected chi connectivity index (χ4v) is 4.27. The zero-order valence-corrected chi connectivity index (χ0v) is 17.7. The van der Waals surface area contributed by atoms with Crippen LogP contribution in [0, 0.1) is 6.92 Å². The maximum absolute atomic E-state index is 13.0. The molecular formula is C22H22N4O3S. The zero-order chi connectivity index (χ0) is 21.1. The van der Waals surface area contributed by atoms with Gasteiger partial charge in [0, 0.05) is 20.3 Å². The van der Waals surface area contributed by atoms with Crippen molar-refractivity contribution >= 4 is 33.6 Å². The molecule has 30 heavy (non-hydrogen) atoms. The van der Waals surface area contributed by atoms with Crippen molar-refractivity contribution in [3.63, 3.8) is 0 Å². The molecule has 2 aromatic heterocycles. The van der Waals surface area contributed by atoms with Gasteiger partial charge in [0.1, 0.15) is 5.82 Å². The fraction of sp³-hybridized carbons (Fsp3) is 0.273. The van der Waals surface area contributed by atoms with E-state index in [9.17, 15) is 9.59 Å². The second kappa shape index (κ2) is 8.81. The first-order valence-corrected chi connectivity index (χ1v) is 10.7. The van der Waals surface area contributed by atoms with Gasteiger partial charge in [-0.15, -0.1) is 0 Å². The third kappa shape index (κ3) is 4.01. The van der Waals surface area contributed by atoms with Crippen LogP contribution in [0.25, 0.3) is 21.8 Å². The Hall–Kier alpha value is -2.97. The Morgan fingerprint density at radius 2 is 1.87 bits per heavy atom. The van der Waals surface area contributed by atoms with Gasteiger partial charge in [-0.3, -0.25) is 14.2 Å². The summed E-state index contributed by atoms with van der Waals surface area (Å²) in [6.45, 7) is 3.00. The molecule has 0 unspecified atom stereocenters. The van der Waals surface area contributed by atoms with E-state index >= 15 is 0 Å². The summed E-state index contributed by atoms with van der Waals surface area (Å²) >= 11 is 1.39. The zero-order valence-electron chi connectivity index (χ0n) is 16.8. The Bertz CT molecular complexity index is 1330. The van der Waals surface area contributed by atoms with E-state index in [0.717, 1.165) is 5.56 Å². The van der Waals surface area contributed by atoms with Crippen molar-refractivity contribution in [3.05, 3.63) is 74.6 Å².